The number of halogens is 59. The predicted molar refractivity (Wildman–Crippen MR) is 425 cm³/mol. The summed E-state index contributed by atoms with van der Waals surface area (Å²) in [5.41, 5.74) is 0. The van der Waals surface area contributed by atoms with Crippen molar-refractivity contribution in [1.29, 1.82) is 0 Å². The van der Waals surface area contributed by atoms with E-state index in [9.17, 15) is 0 Å². The van der Waals surface area contributed by atoms with Crippen LogP contribution in [0.3, 0.4) is 0 Å². The van der Waals surface area contributed by atoms with E-state index in [1.165, 1.54) is 0 Å². The Balaban J connectivity index is 8.35. The molecule has 0 nitrogen and oxygen atoms in total. The van der Waals surface area contributed by atoms with Crippen LogP contribution < -0.4 is 0 Å². The van der Waals surface area contributed by atoms with Gasteiger partial charge in [0.1, 0.15) is 0 Å². The Kier molecular flexibility index (Phi) is 37.4. The topological polar surface area (TPSA) is 0 Å². The SMILES string of the molecule is Cl[C](Cl)C(Cl)(Cl)C(Cl)(Cl)C(Cl)(Cl)C(Cl)(Cl)C(Cl)(Cl)C(Cl)(Cl)C(Cl)(Cl)C(Cl)(Cl)C(Cl)(Cl)C(Cl)(Cl)C(Cl)(Cl)C(Cl)(Cl)C(Cl)(Cl)C(Cl)(Cl)C(Cl)(Cl)C(Cl)(Cl)C(Cl)(Cl)C(Cl)(Cl)C(Cl)(Cl)C(Cl)(Cl)C(Cl)(Cl)C(Cl)(Cl)C(Cl)(Cl)C(Cl)(Cl)C(Cl)(Cl)C(Cl)(Cl)C(Cl)(Cl)C(Cl)(Cl)Cl. The summed E-state index contributed by atoms with van der Waals surface area (Å²) in [4.78, 5) is -1.07. The highest BCUT2D eigenvalue weighted by molar-refractivity contribution is 6.90. The summed E-state index contributed by atoms with van der Waals surface area (Å²) in [5.74, 6) is 0. The van der Waals surface area contributed by atoms with Gasteiger partial charge < -0.3 is 0 Å². The summed E-state index contributed by atoms with van der Waals surface area (Å²) < 4.78 is -105. The molecule has 0 rings (SSSR count). The van der Waals surface area contributed by atoms with Crippen molar-refractivity contribution < 1.29 is 0 Å². The summed E-state index contributed by atoms with van der Waals surface area (Å²) in [7, 11) is 0. The molecule has 0 aliphatic carbocycles. The molecule has 0 aliphatic heterocycles. The lowest BCUT2D eigenvalue weighted by Crippen LogP contribution is -2.77. The third-order valence-electron chi connectivity index (χ3n) is 10.8. The molecule has 88 heavy (non-hydrogen) atoms. The molecule has 0 N–H and O–H groups in total. The van der Waals surface area contributed by atoms with Crippen LogP contribution in [0.1, 0.15) is 0 Å². The molecule has 59 heteroatoms. The highest BCUT2D eigenvalue weighted by Gasteiger charge is 2.91. The highest BCUT2D eigenvalue weighted by Crippen LogP contribution is 2.82. The monoisotopic (exact) mass is 2410 g/mol. The van der Waals surface area contributed by atoms with Gasteiger partial charge in [0.25, 0.3) is 0 Å². The van der Waals surface area contributed by atoms with E-state index in [1.807, 2.05) is 0 Å². The van der Waals surface area contributed by atoms with Crippen LogP contribution in [0.4, 0.5) is 0 Å². The quantitative estimate of drug-likeness (QED) is 0.0719. The molecular weight excluding hydrogens is 2440 g/mol. The maximum Gasteiger partial charge on any atom is 0.226 e. The van der Waals surface area contributed by atoms with Crippen molar-refractivity contribution in [2.75, 3.05) is 0 Å². The van der Waals surface area contributed by atoms with Crippen molar-refractivity contribution in [1.82, 2.24) is 0 Å². The van der Waals surface area contributed by atoms with Crippen molar-refractivity contribution in [2.45, 2.75) is 121 Å². The first-order valence-electron chi connectivity index (χ1n) is 18.1. The molecule has 0 spiro atoms. The average molecular weight is 2440 g/mol. The standard InChI is InChI=1S/C29Cl59/c30-1(31)2(32,33)3(34,35)4(36,37)5(38,39)6(40,41)7(42,43)8(44,45)9(46,47)10(48,49)11(50,51)12(52,53)13(54,55)14(56,57)15(58,59)16(60,61)17(62,63)18(64,65)19(66,67)20(68,69)21(70,71)22(72,73)23(74,75)24(76,77)25(78,79)26(80,81)27(82,83)28(84,85)29(86,87)88. The predicted octanol–water partition coefficient (Wildman–Crippen LogP) is 35.0. The first-order chi connectivity index (χ1) is 36.7. The Morgan fingerprint density at radius 1 is 0.102 bits per heavy atom. The summed E-state index contributed by atoms with van der Waals surface area (Å²) in [6.45, 7) is 0. The Morgan fingerprint density at radius 3 is 0.239 bits per heavy atom. The molecule has 0 heterocycles. The smallest absolute Gasteiger partial charge is 0.0946 e. The lowest BCUT2D eigenvalue weighted by molar-refractivity contribution is 0.378. The normalized spacial score (nSPS) is 17.6. The second kappa shape index (κ2) is 31.3. The van der Waals surface area contributed by atoms with E-state index >= 15 is 0 Å². The van der Waals surface area contributed by atoms with Gasteiger partial charge in [0.05, 0.1) is 0 Å². The lowest BCUT2D eigenvalue weighted by atomic mass is 9.94. The van der Waals surface area contributed by atoms with Crippen LogP contribution in [-0.2, 0) is 0 Å². The molecule has 0 fully saturated rings. The Bertz CT molecular complexity index is 2500. The fourth-order valence-electron chi connectivity index (χ4n) is 5.23. The zero-order chi connectivity index (χ0) is 73.6. The van der Waals surface area contributed by atoms with Gasteiger partial charge in [-0.25, -0.2) is 0 Å². The van der Waals surface area contributed by atoms with Crippen molar-refractivity contribution in [2.24, 2.45) is 0 Å². The van der Waals surface area contributed by atoms with Gasteiger partial charge in [0.2, 0.25) is 8.13 Å². The minimum Gasteiger partial charge on any atom is -0.0946 e. The van der Waals surface area contributed by atoms with Gasteiger partial charge in [-0.3, -0.25) is 0 Å². The Hall–Kier alpha value is 17.1. The Labute approximate surface area is 795 Å². The lowest BCUT2D eigenvalue weighted by Gasteiger charge is -2.60. The number of hydrogen-bond donors (Lipinski definition) is 0. The maximum absolute atomic E-state index is 6.74. The van der Waals surface area contributed by atoms with Crippen LogP contribution in [0.15, 0.2) is 0 Å². The number of rotatable bonds is 27. The van der Waals surface area contributed by atoms with Crippen LogP contribution in [0.2, 0.25) is 0 Å². The summed E-state index contributed by atoms with van der Waals surface area (Å²) in [6.07, 6.45) is 0. The largest absolute Gasteiger partial charge is 0.226 e. The zero-order valence-corrected chi connectivity index (χ0v) is 81.4. The van der Waals surface area contributed by atoms with Gasteiger partial charge in [0, 0.05) is 0 Å². The van der Waals surface area contributed by atoms with E-state index in [2.05, 4.69) is 0 Å². The van der Waals surface area contributed by atoms with Crippen molar-refractivity contribution in [3.8, 4) is 0 Å². The van der Waals surface area contributed by atoms with Gasteiger partial charge in [-0.1, -0.05) is 684 Å². The van der Waals surface area contributed by atoms with E-state index < -0.39 is 126 Å². The molecule has 0 aromatic rings. The van der Waals surface area contributed by atoms with Crippen LogP contribution >= 0.6 is 684 Å². The average Bonchev–Trinajstić information content (AvgIpc) is 3.29. The Morgan fingerprint density at radius 2 is 0.170 bits per heavy atom. The van der Waals surface area contributed by atoms with Gasteiger partial charge in [0.15, 0.2) is 118 Å². The van der Waals surface area contributed by atoms with Crippen LogP contribution in [0.25, 0.3) is 0 Å². The number of alkyl halides is 57. The van der Waals surface area contributed by atoms with Crippen LogP contribution in [-0.4, -0.2) is 121 Å². The molecule has 0 amide bonds. The molecule has 529 valence electrons. The molecular formula is C29Cl59. The van der Waals surface area contributed by atoms with Gasteiger partial charge >= 0.3 is 0 Å². The maximum atomic E-state index is 6.74. The van der Waals surface area contributed by atoms with E-state index in [1.54, 1.807) is 0 Å². The summed E-state index contributed by atoms with van der Waals surface area (Å²) in [5, 5.41) is 0. The molecule has 0 bridgehead atoms. The molecule has 0 atom stereocenters. The third kappa shape index (κ3) is 15.2. The molecule has 0 saturated carbocycles. The second-order valence-corrected chi connectivity index (χ2v) is 55.3. The van der Waals surface area contributed by atoms with E-state index in [0.717, 1.165) is 0 Å². The van der Waals surface area contributed by atoms with Gasteiger partial charge in [-0.05, 0) is 0 Å². The first kappa shape index (κ1) is 105. The second-order valence-electron chi connectivity index (χ2n) is 16.3. The molecule has 0 aromatic heterocycles. The zero-order valence-electron chi connectivity index (χ0n) is 36.8. The fourth-order valence-corrected chi connectivity index (χ4v) is 25.9. The van der Waals surface area contributed by atoms with Crippen molar-refractivity contribution in [3.63, 3.8) is 0 Å². The molecule has 1 radical (unpaired) electrons. The van der Waals surface area contributed by atoms with Crippen molar-refractivity contribution >= 4 is 684 Å². The van der Waals surface area contributed by atoms with Gasteiger partial charge in [-0.15, -0.1) is 0 Å². The highest BCUT2D eigenvalue weighted by atomic mass is 35.6. The number of hydrogen-bond acceptors (Lipinski definition) is 0. The fraction of sp³-hybridized carbons (Fsp3) is 0.966. The molecule has 0 unspecified atom stereocenters. The molecule has 0 aliphatic rings. The van der Waals surface area contributed by atoms with Crippen LogP contribution in [0.5, 0.6) is 0 Å². The van der Waals surface area contributed by atoms with E-state index in [-0.39, 0.29) is 0 Å². The summed E-state index contributed by atoms with van der Waals surface area (Å²) in [6, 6.07) is 0. The minimum atomic E-state index is -4.02. The van der Waals surface area contributed by atoms with Crippen LogP contribution in [0, 0.1) is 4.84 Å². The van der Waals surface area contributed by atoms with Gasteiger partial charge in [-0.2, -0.15) is 0 Å². The third-order valence-corrected chi connectivity index (χ3v) is 53.7. The minimum absolute atomic E-state index is 1.07. The summed E-state index contributed by atoms with van der Waals surface area (Å²) >= 11 is 385. The van der Waals surface area contributed by atoms with Crippen molar-refractivity contribution in [3.05, 3.63) is 4.84 Å². The van der Waals surface area contributed by atoms with E-state index in [0.29, 0.717) is 0 Å². The molecule has 0 aromatic carbocycles. The van der Waals surface area contributed by atoms with E-state index in [4.69, 9.17) is 684 Å². The molecule has 0 saturated heterocycles. The first-order valence-corrected chi connectivity index (χ1v) is 40.4.